The normalized spacial score (nSPS) is 10.7. The average Bonchev–Trinajstić information content (AvgIpc) is 2.88. The molecule has 0 heterocycles. The Bertz CT molecular complexity index is 1290. The van der Waals surface area contributed by atoms with Gasteiger partial charge >= 0.3 is 0 Å². The predicted molar refractivity (Wildman–Crippen MR) is 141 cm³/mol. The van der Waals surface area contributed by atoms with Crippen molar-refractivity contribution in [2.45, 2.75) is 6.92 Å². The Morgan fingerprint density at radius 1 is 1.00 bits per heavy atom. The maximum absolute atomic E-state index is 12.6. The molecule has 0 unspecified atom stereocenters. The molecule has 36 heavy (non-hydrogen) atoms. The summed E-state index contributed by atoms with van der Waals surface area (Å²) in [4.78, 5) is 24.9. The second kappa shape index (κ2) is 13.0. The third-order valence-electron chi connectivity index (χ3n) is 4.76. The molecule has 0 aliphatic carbocycles. The van der Waals surface area contributed by atoms with Crippen LogP contribution in [0.4, 0.5) is 11.4 Å². The zero-order valence-corrected chi connectivity index (χ0v) is 21.3. The van der Waals surface area contributed by atoms with E-state index in [0.717, 1.165) is 0 Å². The van der Waals surface area contributed by atoms with Gasteiger partial charge in [0, 0.05) is 11.4 Å². The van der Waals surface area contributed by atoms with Gasteiger partial charge in [0.05, 0.1) is 18.2 Å². The lowest BCUT2D eigenvalue weighted by molar-refractivity contribution is -0.118. The molecule has 0 aromatic heterocycles. The van der Waals surface area contributed by atoms with E-state index in [-0.39, 0.29) is 18.1 Å². The highest BCUT2D eigenvalue weighted by Crippen LogP contribution is 2.37. The van der Waals surface area contributed by atoms with Gasteiger partial charge in [-0.2, -0.15) is 5.26 Å². The van der Waals surface area contributed by atoms with E-state index >= 15 is 0 Å². The molecule has 2 N–H and O–H groups in total. The number of nitrogens with zero attached hydrogens (tertiary/aromatic N) is 1. The molecule has 9 heteroatoms. The Kier molecular flexibility index (Phi) is 9.48. The maximum Gasteiger partial charge on any atom is 0.266 e. The van der Waals surface area contributed by atoms with E-state index in [9.17, 15) is 14.9 Å². The molecular weight excluding hydrogens is 526 g/mol. The summed E-state index contributed by atoms with van der Waals surface area (Å²) in [7, 11) is 1.55. The summed E-state index contributed by atoms with van der Waals surface area (Å²) >= 11 is 3.44. The minimum Gasteiger partial charge on any atom is -0.497 e. The fraction of sp³-hybridized carbons (Fsp3) is 0.148. The first kappa shape index (κ1) is 26.3. The number of nitrogens with one attached hydrogen (secondary N) is 2. The summed E-state index contributed by atoms with van der Waals surface area (Å²) in [5, 5.41) is 15.0. The Morgan fingerprint density at radius 2 is 1.69 bits per heavy atom. The Labute approximate surface area is 217 Å². The summed E-state index contributed by atoms with van der Waals surface area (Å²) in [6.45, 7) is 1.91. The van der Waals surface area contributed by atoms with Crippen molar-refractivity contribution >= 4 is 45.2 Å². The molecule has 3 aromatic carbocycles. The van der Waals surface area contributed by atoms with Crippen molar-refractivity contribution in [3.05, 3.63) is 82.3 Å². The first-order chi connectivity index (χ1) is 17.4. The van der Waals surface area contributed by atoms with Crippen LogP contribution >= 0.6 is 15.9 Å². The van der Waals surface area contributed by atoms with Crippen LogP contribution in [-0.2, 0) is 9.59 Å². The Hall–Kier alpha value is -4.29. The van der Waals surface area contributed by atoms with Crippen molar-refractivity contribution in [3.63, 3.8) is 0 Å². The average molecular weight is 550 g/mol. The lowest BCUT2D eigenvalue weighted by Gasteiger charge is -2.15. The molecule has 0 fully saturated rings. The van der Waals surface area contributed by atoms with Crippen molar-refractivity contribution in [3.8, 4) is 23.3 Å². The summed E-state index contributed by atoms with van der Waals surface area (Å²) in [6.07, 6.45) is 1.44. The summed E-state index contributed by atoms with van der Waals surface area (Å²) < 4.78 is 17.0. The number of amides is 2. The minimum atomic E-state index is -0.561. The van der Waals surface area contributed by atoms with Crippen LogP contribution in [0.15, 0.2) is 76.8 Å². The van der Waals surface area contributed by atoms with Gasteiger partial charge in [0.25, 0.3) is 11.8 Å². The monoisotopic (exact) mass is 549 g/mol. The number of carbonyl (C=O) groups is 2. The number of methoxy groups -OCH3 is 1. The van der Waals surface area contributed by atoms with Gasteiger partial charge in [-0.1, -0.05) is 18.2 Å². The molecule has 2 amide bonds. The maximum atomic E-state index is 12.6. The minimum absolute atomic E-state index is 0.101. The second-order valence-electron chi connectivity index (χ2n) is 7.32. The molecule has 0 spiro atoms. The van der Waals surface area contributed by atoms with Crippen molar-refractivity contribution in [1.29, 1.82) is 5.26 Å². The number of nitriles is 1. The van der Waals surface area contributed by atoms with Gasteiger partial charge in [-0.3, -0.25) is 9.59 Å². The van der Waals surface area contributed by atoms with Crippen molar-refractivity contribution in [2.75, 3.05) is 31.0 Å². The Morgan fingerprint density at radius 3 is 2.33 bits per heavy atom. The summed E-state index contributed by atoms with van der Waals surface area (Å²) in [5.74, 6) is 0.449. The van der Waals surface area contributed by atoms with E-state index in [4.69, 9.17) is 14.2 Å². The van der Waals surface area contributed by atoms with Gasteiger partial charge in [0.15, 0.2) is 18.1 Å². The topological polar surface area (TPSA) is 110 Å². The van der Waals surface area contributed by atoms with Crippen LogP contribution in [0, 0.1) is 11.3 Å². The molecule has 0 saturated carbocycles. The van der Waals surface area contributed by atoms with Crippen LogP contribution in [0.5, 0.6) is 17.2 Å². The van der Waals surface area contributed by atoms with Gasteiger partial charge < -0.3 is 24.8 Å². The number of hydrogen-bond donors (Lipinski definition) is 2. The highest BCUT2D eigenvalue weighted by atomic mass is 79.9. The summed E-state index contributed by atoms with van der Waals surface area (Å²) in [6, 6.07) is 21.0. The lowest BCUT2D eigenvalue weighted by atomic mass is 10.1. The first-order valence-corrected chi connectivity index (χ1v) is 11.7. The standard InChI is InChI=1S/C27H24BrN3O5/c1-3-35-24-15-18(13-19(16-29)27(33)31-21-9-11-22(34-2)12-10-21)14-23(28)26(24)36-17-25(32)30-20-7-5-4-6-8-20/h4-15H,3,17H2,1-2H3,(H,30,32)(H,31,33)/b19-13+. The molecule has 0 atom stereocenters. The van der Waals surface area contributed by atoms with Crippen LogP contribution in [0.1, 0.15) is 12.5 Å². The number of halogens is 1. The molecule has 0 aliphatic heterocycles. The third-order valence-corrected chi connectivity index (χ3v) is 5.35. The molecule has 184 valence electrons. The highest BCUT2D eigenvalue weighted by Gasteiger charge is 2.16. The van der Waals surface area contributed by atoms with Crippen LogP contribution in [0.3, 0.4) is 0 Å². The van der Waals surface area contributed by atoms with Crippen molar-refractivity contribution in [2.24, 2.45) is 0 Å². The van der Waals surface area contributed by atoms with E-state index in [1.165, 1.54) is 6.08 Å². The van der Waals surface area contributed by atoms with Crippen LogP contribution < -0.4 is 24.8 Å². The first-order valence-electron chi connectivity index (χ1n) is 10.9. The third kappa shape index (κ3) is 7.35. The number of para-hydroxylation sites is 1. The van der Waals surface area contributed by atoms with Gasteiger partial charge in [0.1, 0.15) is 17.4 Å². The number of rotatable bonds is 10. The number of carbonyl (C=O) groups excluding carboxylic acids is 2. The number of benzene rings is 3. The summed E-state index contributed by atoms with van der Waals surface area (Å²) in [5.41, 5.74) is 1.62. The molecule has 3 aromatic rings. The van der Waals surface area contributed by atoms with E-state index in [1.54, 1.807) is 55.6 Å². The fourth-order valence-electron chi connectivity index (χ4n) is 3.12. The van der Waals surface area contributed by atoms with Gasteiger partial charge in [-0.25, -0.2) is 0 Å². The molecule has 0 aliphatic rings. The zero-order chi connectivity index (χ0) is 25.9. The van der Waals surface area contributed by atoms with Gasteiger partial charge in [-0.05, 0) is 83.0 Å². The quantitative estimate of drug-likeness (QED) is 0.258. The SMILES string of the molecule is CCOc1cc(/C=C(\C#N)C(=O)Nc2ccc(OC)cc2)cc(Br)c1OCC(=O)Nc1ccccc1. The molecule has 3 rings (SSSR count). The van der Waals surface area contributed by atoms with E-state index < -0.39 is 5.91 Å². The fourth-order valence-corrected chi connectivity index (χ4v) is 3.69. The molecule has 0 saturated heterocycles. The van der Waals surface area contributed by atoms with E-state index in [2.05, 4.69) is 26.6 Å². The molecule has 8 nitrogen and oxygen atoms in total. The van der Waals surface area contributed by atoms with Gasteiger partial charge in [0.2, 0.25) is 0 Å². The second-order valence-corrected chi connectivity index (χ2v) is 8.17. The smallest absolute Gasteiger partial charge is 0.266 e. The number of anilines is 2. The molecule has 0 radical (unpaired) electrons. The lowest BCUT2D eigenvalue weighted by Crippen LogP contribution is -2.20. The van der Waals surface area contributed by atoms with Gasteiger partial charge in [-0.15, -0.1) is 0 Å². The highest BCUT2D eigenvalue weighted by molar-refractivity contribution is 9.10. The Balaban J connectivity index is 1.76. The largest absolute Gasteiger partial charge is 0.497 e. The molecule has 0 bridgehead atoms. The van der Waals surface area contributed by atoms with E-state index in [1.807, 2.05) is 31.2 Å². The van der Waals surface area contributed by atoms with Crippen molar-refractivity contribution < 1.29 is 23.8 Å². The number of hydrogen-bond acceptors (Lipinski definition) is 6. The predicted octanol–water partition coefficient (Wildman–Crippen LogP) is 5.42. The number of ether oxygens (including phenoxy) is 3. The van der Waals surface area contributed by atoms with E-state index in [0.29, 0.717) is 45.3 Å². The van der Waals surface area contributed by atoms with Crippen LogP contribution in [0.2, 0.25) is 0 Å². The molecular formula is C27H24BrN3O5. The van der Waals surface area contributed by atoms with Crippen LogP contribution in [0.25, 0.3) is 6.08 Å². The van der Waals surface area contributed by atoms with Crippen molar-refractivity contribution in [1.82, 2.24) is 0 Å². The van der Waals surface area contributed by atoms with Crippen LogP contribution in [-0.4, -0.2) is 32.1 Å². The zero-order valence-electron chi connectivity index (χ0n) is 19.7.